The molecule has 1 saturated heterocycles. The molecule has 0 unspecified atom stereocenters. The summed E-state index contributed by atoms with van der Waals surface area (Å²) in [6, 6.07) is 1.34. The molecular formula is C11H17N3O6. The highest BCUT2D eigenvalue weighted by Gasteiger charge is 2.57. The molecule has 1 aromatic rings. The summed E-state index contributed by atoms with van der Waals surface area (Å²) in [5.41, 5.74) is 4.62. The fourth-order valence-corrected chi connectivity index (χ4v) is 2.15. The topological polar surface area (TPSA) is 140 Å². The minimum Gasteiger partial charge on any atom is -0.394 e. The number of ether oxygens (including phenoxy) is 2. The number of rotatable bonds is 4. The maximum absolute atomic E-state index is 11.8. The highest BCUT2D eigenvalue weighted by molar-refractivity contribution is 5.23. The number of aliphatic hydroxyl groups excluding tert-OH is 2. The Labute approximate surface area is 114 Å². The Morgan fingerprint density at radius 3 is 2.90 bits per heavy atom. The number of nitrogens with two attached hydrogens (primary N) is 1. The number of hydrogen-bond acceptors (Lipinski definition) is 8. The van der Waals surface area contributed by atoms with Crippen LogP contribution < -0.4 is 11.4 Å². The third-order valence-electron chi connectivity index (χ3n) is 3.09. The summed E-state index contributed by atoms with van der Waals surface area (Å²) in [6.45, 7) is 1.14. The average Bonchev–Trinajstić information content (AvgIpc) is 2.63. The van der Waals surface area contributed by atoms with Gasteiger partial charge >= 0.3 is 5.69 Å². The van der Waals surface area contributed by atoms with Crippen LogP contribution in [0.1, 0.15) is 13.2 Å². The average molecular weight is 287 g/mol. The zero-order chi connectivity index (χ0) is 14.9. The molecule has 0 amide bonds. The predicted molar refractivity (Wildman–Crippen MR) is 66.5 cm³/mol. The Balaban J connectivity index is 2.45. The summed E-state index contributed by atoms with van der Waals surface area (Å²) in [5, 5.41) is 29.6. The van der Waals surface area contributed by atoms with Crippen molar-refractivity contribution in [2.24, 2.45) is 0 Å². The number of hydrogen-bond donors (Lipinski definition) is 4. The Bertz CT molecular complexity index is 535. The number of anilines is 1. The normalized spacial score (nSPS) is 33.5. The van der Waals surface area contributed by atoms with Gasteiger partial charge in [-0.1, -0.05) is 0 Å². The lowest BCUT2D eigenvalue weighted by molar-refractivity contribution is -0.276. The predicted octanol–water partition coefficient (Wildman–Crippen LogP) is -2.20. The molecule has 1 fully saturated rings. The quantitative estimate of drug-likeness (QED) is 0.457. The van der Waals surface area contributed by atoms with E-state index in [1.165, 1.54) is 12.3 Å². The van der Waals surface area contributed by atoms with Crippen molar-refractivity contribution >= 4 is 5.82 Å². The second-order valence-electron chi connectivity index (χ2n) is 4.38. The van der Waals surface area contributed by atoms with Crippen molar-refractivity contribution in [3.8, 4) is 0 Å². The summed E-state index contributed by atoms with van der Waals surface area (Å²) in [6.07, 6.45) is -2.66. The molecule has 20 heavy (non-hydrogen) atoms. The maximum atomic E-state index is 11.8. The van der Waals surface area contributed by atoms with Gasteiger partial charge in [-0.05, 0) is 13.0 Å². The van der Waals surface area contributed by atoms with Gasteiger partial charge in [-0.25, -0.2) is 4.79 Å². The molecule has 5 N–H and O–H groups in total. The van der Waals surface area contributed by atoms with Gasteiger partial charge in [0.2, 0.25) is 5.79 Å². The van der Waals surface area contributed by atoms with E-state index in [-0.39, 0.29) is 12.4 Å². The molecule has 2 heterocycles. The van der Waals surface area contributed by atoms with Crippen molar-refractivity contribution in [2.75, 3.05) is 18.9 Å². The minimum absolute atomic E-state index is 0.0171. The molecule has 1 aromatic heterocycles. The molecule has 0 aliphatic carbocycles. The molecule has 0 saturated carbocycles. The molecule has 4 atom stereocenters. The van der Waals surface area contributed by atoms with Crippen LogP contribution in [0.25, 0.3) is 0 Å². The van der Waals surface area contributed by atoms with Crippen LogP contribution in [0.2, 0.25) is 0 Å². The fourth-order valence-electron chi connectivity index (χ4n) is 2.15. The van der Waals surface area contributed by atoms with Gasteiger partial charge < -0.3 is 30.5 Å². The lowest BCUT2D eigenvalue weighted by atomic mass is 10.1. The minimum atomic E-state index is -2.16. The molecule has 2 rings (SSSR count). The van der Waals surface area contributed by atoms with E-state index in [9.17, 15) is 15.0 Å². The molecule has 0 spiro atoms. The molecule has 1 aliphatic heterocycles. The Morgan fingerprint density at radius 1 is 1.65 bits per heavy atom. The van der Waals surface area contributed by atoms with Gasteiger partial charge in [0.1, 0.15) is 18.0 Å². The maximum Gasteiger partial charge on any atom is 0.351 e. The lowest BCUT2D eigenvalue weighted by Crippen LogP contribution is -2.50. The molecule has 1 aliphatic rings. The second kappa shape index (κ2) is 5.46. The lowest BCUT2D eigenvalue weighted by Gasteiger charge is -2.30. The van der Waals surface area contributed by atoms with E-state index in [0.717, 1.165) is 4.57 Å². The van der Waals surface area contributed by atoms with Gasteiger partial charge in [0, 0.05) is 12.8 Å². The van der Waals surface area contributed by atoms with Crippen LogP contribution in [0.15, 0.2) is 17.1 Å². The van der Waals surface area contributed by atoms with Gasteiger partial charge in [-0.15, -0.1) is 0 Å². The summed E-state index contributed by atoms with van der Waals surface area (Å²) >= 11 is 0. The van der Waals surface area contributed by atoms with Crippen LogP contribution in [0.4, 0.5) is 5.82 Å². The van der Waals surface area contributed by atoms with Gasteiger partial charge in [0.15, 0.2) is 6.23 Å². The number of nitrogen functional groups attached to an aromatic ring is 1. The number of aliphatic hydroxyl groups is 3. The van der Waals surface area contributed by atoms with Crippen molar-refractivity contribution in [3.63, 3.8) is 0 Å². The summed E-state index contributed by atoms with van der Waals surface area (Å²) in [5.74, 6) is -2.15. The zero-order valence-corrected chi connectivity index (χ0v) is 10.8. The first-order valence-corrected chi connectivity index (χ1v) is 6.09. The fraction of sp³-hybridized carbons (Fsp3) is 0.636. The zero-order valence-electron chi connectivity index (χ0n) is 10.8. The Morgan fingerprint density at radius 2 is 2.35 bits per heavy atom. The molecule has 9 heteroatoms. The highest BCUT2D eigenvalue weighted by Crippen LogP contribution is 2.38. The largest absolute Gasteiger partial charge is 0.394 e. The van der Waals surface area contributed by atoms with E-state index < -0.39 is 36.5 Å². The van der Waals surface area contributed by atoms with Crippen molar-refractivity contribution in [1.82, 2.24) is 9.55 Å². The summed E-state index contributed by atoms with van der Waals surface area (Å²) in [7, 11) is 0. The van der Waals surface area contributed by atoms with Crippen LogP contribution in [0.3, 0.4) is 0 Å². The van der Waals surface area contributed by atoms with Crippen LogP contribution in [0.5, 0.6) is 0 Å². The third-order valence-corrected chi connectivity index (χ3v) is 3.09. The SMILES string of the molecule is CCO[C@@]1(O)[C@H](O)[C@@H](CO)O[C@H]1n1ccc(N)nc1=O. The first-order chi connectivity index (χ1) is 9.43. The molecule has 9 nitrogen and oxygen atoms in total. The third kappa shape index (κ3) is 2.30. The van der Waals surface area contributed by atoms with E-state index in [1.807, 2.05) is 0 Å². The van der Waals surface area contributed by atoms with E-state index in [0.29, 0.717) is 0 Å². The van der Waals surface area contributed by atoms with Gasteiger partial charge in [-0.3, -0.25) is 4.57 Å². The number of nitrogens with zero attached hydrogens (tertiary/aromatic N) is 2. The van der Waals surface area contributed by atoms with Crippen molar-refractivity contribution in [3.05, 3.63) is 22.7 Å². The van der Waals surface area contributed by atoms with Gasteiger partial charge in [0.05, 0.1) is 6.61 Å². The smallest absolute Gasteiger partial charge is 0.351 e. The van der Waals surface area contributed by atoms with Crippen LogP contribution in [0, 0.1) is 0 Å². The standard InChI is InChI=1S/C11H17N3O6/c1-2-19-11(18)8(16)6(5-15)20-9(11)14-4-3-7(12)13-10(14)17/h3-4,6,8-9,15-16,18H,2,5H2,1H3,(H2,12,13,17)/t6-,8-,9-,11+/m1/s1. The van der Waals surface area contributed by atoms with Crippen molar-refractivity contribution < 1.29 is 24.8 Å². The van der Waals surface area contributed by atoms with E-state index in [4.69, 9.17) is 20.3 Å². The summed E-state index contributed by atoms with van der Waals surface area (Å²) < 4.78 is 11.4. The van der Waals surface area contributed by atoms with E-state index in [1.54, 1.807) is 6.92 Å². The summed E-state index contributed by atoms with van der Waals surface area (Å²) in [4.78, 5) is 15.3. The Kier molecular flexibility index (Phi) is 4.06. The first kappa shape index (κ1) is 14.9. The molecule has 0 bridgehead atoms. The first-order valence-electron chi connectivity index (χ1n) is 6.09. The van der Waals surface area contributed by atoms with Crippen molar-refractivity contribution in [2.45, 2.75) is 31.1 Å². The van der Waals surface area contributed by atoms with E-state index in [2.05, 4.69) is 4.98 Å². The highest BCUT2D eigenvalue weighted by atomic mass is 16.7. The second-order valence-corrected chi connectivity index (χ2v) is 4.38. The molecular weight excluding hydrogens is 270 g/mol. The van der Waals surface area contributed by atoms with Gasteiger partial charge in [0.25, 0.3) is 0 Å². The van der Waals surface area contributed by atoms with Crippen LogP contribution in [-0.2, 0) is 9.47 Å². The van der Waals surface area contributed by atoms with E-state index >= 15 is 0 Å². The van der Waals surface area contributed by atoms with Gasteiger partial charge in [-0.2, -0.15) is 4.98 Å². The molecule has 0 radical (unpaired) electrons. The van der Waals surface area contributed by atoms with Crippen molar-refractivity contribution in [1.29, 1.82) is 0 Å². The number of aromatic nitrogens is 2. The molecule has 112 valence electrons. The monoisotopic (exact) mass is 287 g/mol. The van der Waals surface area contributed by atoms with Crippen LogP contribution in [-0.4, -0.2) is 56.1 Å². The Hall–Kier alpha value is -1.52. The van der Waals surface area contributed by atoms with Crippen LogP contribution >= 0.6 is 0 Å². The molecule has 0 aromatic carbocycles.